The van der Waals surface area contributed by atoms with Gasteiger partial charge in [-0.3, -0.25) is 14.7 Å². The Morgan fingerprint density at radius 1 is 1.57 bits per heavy atom. The van der Waals surface area contributed by atoms with Gasteiger partial charge in [0, 0.05) is 0 Å². The molecule has 1 N–H and O–H groups in total. The van der Waals surface area contributed by atoms with Crippen LogP contribution < -0.4 is 9.75 Å². The molecule has 0 amide bonds. The Kier molecular flexibility index (Phi) is 3.71. The van der Waals surface area contributed by atoms with Crippen LogP contribution in [0.1, 0.15) is 19.9 Å². The first-order chi connectivity index (χ1) is 6.56. The van der Waals surface area contributed by atoms with Crippen molar-refractivity contribution < 1.29 is 0 Å². The minimum Gasteiger partial charge on any atom is -0.255 e. The highest BCUT2D eigenvalue weighted by molar-refractivity contribution is 7.06. The standard InChI is InChI=1S/C8H11ClN2O2S/c1-3-4-6(9)5(2)11-8(13)14-7(12)10-11/h3-6H,1-2H3,(H,10,12)/b4-3-. The van der Waals surface area contributed by atoms with Crippen molar-refractivity contribution in [3.8, 4) is 0 Å². The van der Waals surface area contributed by atoms with E-state index in [0.717, 1.165) is 0 Å². The van der Waals surface area contributed by atoms with Crippen molar-refractivity contribution in [3.63, 3.8) is 0 Å². The maximum Gasteiger partial charge on any atom is 0.326 e. The Labute approximate surface area is 89.8 Å². The molecule has 0 saturated heterocycles. The van der Waals surface area contributed by atoms with E-state index in [1.807, 2.05) is 13.0 Å². The second kappa shape index (κ2) is 4.61. The van der Waals surface area contributed by atoms with Gasteiger partial charge in [-0.05, 0) is 25.2 Å². The summed E-state index contributed by atoms with van der Waals surface area (Å²) in [6, 6.07) is -0.251. The number of nitrogens with one attached hydrogen (secondary N) is 1. The van der Waals surface area contributed by atoms with Crippen LogP contribution in [-0.2, 0) is 0 Å². The second-order valence-electron chi connectivity index (χ2n) is 2.85. The summed E-state index contributed by atoms with van der Waals surface area (Å²) in [5, 5.41) is 2.13. The molecule has 78 valence electrons. The third-order valence-corrected chi connectivity index (χ3v) is 2.99. The highest BCUT2D eigenvalue weighted by Gasteiger charge is 2.16. The number of aromatic nitrogens is 2. The largest absolute Gasteiger partial charge is 0.326 e. The summed E-state index contributed by atoms with van der Waals surface area (Å²) in [7, 11) is 0. The van der Waals surface area contributed by atoms with Crippen LogP contribution in [0.5, 0.6) is 0 Å². The van der Waals surface area contributed by atoms with Gasteiger partial charge in [-0.15, -0.1) is 11.6 Å². The molecule has 0 aliphatic rings. The zero-order valence-electron chi connectivity index (χ0n) is 7.86. The Morgan fingerprint density at radius 2 is 2.21 bits per heavy atom. The van der Waals surface area contributed by atoms with E-state index in [4.69, 9.17) is 11.6 Å². The van der Waals surface area contributed by atoms with E-state index in [0.29, 0.717) is 11.3 Å². The summed E-state index contributed by atoms with van der Waals surface area (Å²) in [4.78, 5) is 21.5. The third-order valence-electron chi connectivity index (χ3n) is 1.83. The van der Waals surface area contributed by atoms with E-state index in [9.17, 15) is 9.59 Å². The summed E-state index contributed by atoms with van der Waals surface area (Å²) in [6.45, 7) is 3.63. The van der Waals surface area contributed by atoms with Crippen LogP contribution in [0.15, 0.2) is 21.7 Å². The molecule has 0 aliphatic heterocycles. The summed E-state index contributed by atoms with van der Waals surface area (Å²) < 4.78 is 1.25. The Balaban J connectivity index is 3.00. The van der Waals surface area contributed by atoms with Gasteiger partial charge in [0.25, 0.3) is 0 Å². The quantitative estimate of drug-likeness (QED) is 0.634. The van der Waals surface area contributed by atoms with Crippen LogP contribution in [0.4, 0.5) is 0 Å². The SMILES string of the molecule is C/C=C\C(Cl)C(C)n1[nH]c(=O)sc1=O. The molecule has 1 aromatic rings. The van der Waals surface area contributed by atoms with Crippen LogP contribution in [0.2, 0.25) is 0 Å². The molecule has 2 unspecified atom stereocenters. The van der Waals surface area contributed by atoms with Crippen molar-refractivity contribution >= 4 is 22.9 Å². The van der Waals surface area contributed by atoms with E-state index in [1.54, 1.807) is 13.0 Å². The van der Waals surface area contributed by atoms with E-state index < -0.39 is 0 Å². The zero-order chi connectivity index (χ0) is 10.7. The van der Waals surface area contributed by atoms with Gasteiger partial charge in [-0.2, -0.15) is 0 Å². The van der Waals surface area contributed by atoms with E-state index in [-0.39, 0.29) is 21.2 Å². The maximum atomic E-state index is 11.3. The van der Waals surface area contributed by atoms with Gasteiger partial charge >= 0.3 is 9.75 Å². The molecule has 0 radical (unpaired) electrons. The summed E-state index contributed by atoms with van der Waals surface area (Å²) in [6.07, 6.45) is 3.58. The van der Waals surface area contributed by atoms with Crippen LogP contribution in [-0.4, -0.2) is 15.2 Å². The van der Waals surface area contributed by atoms with Crippen LogP contribution in [0.3, 0.4) is 0 Å². The Bertz CT molecular complexity index is 431. The van der Waals surface area contributed by atoms with Crippen molar-refractivity contribution in [2.75, 3.05) is 0 Å². The summed E-state index contributed by atoms with van der Waals surface area (Å²) in [5.74, 6) is 0. The molecule has 1 rings (SSSR count). The average molecular weight is 235 g/mol. The predicted octanol–water partition coefficient (Wildman–Crippen LogP) is 1.34. The van der Waals surface area contributed by atoms with Gasteiger partial charge in [0.05, 0.1) is 11.4 Å². The fourth-order valence-electron chi connectivity index (χ4n) is 1.05. The molecule has 0 aromatic carbocycles. The smallest absolute Gasteiger partial charge is 0.255 e. The molecule has 6 heteroatoms. The molecular formula is C8H11ClN2O2S. The van der Waals surface area contributed by atoms with Gasteiger partial charge in [0.2, 0.25) is 0 Å². The van der Waals surface area contributed by atoms with Crippen LogP contribution >= 0.6 is 22.9 Å². The van der Waals surface area contributed by atoms with Crippen molar-refractivity contribution in [3.05, 3.63) is 31.5 Å². The minimum atomic E-state index is -0.355. The van der Waals surface area contributed by atoms with Gasteiger partial charge < -0.3 is 0 Å². The van der Waals surface area contributed by atoms with Gasteiger partial charge in [0.15, 0.2) is 0 Å². The summed E-state index contributed by atoms with van der Waals surface area (Å²) >= 11 is 6.63. The number of H-pyrrole nitrogens is 1. The number of rotatable bonds is 3. The first kappa shape index (κ1) is 11.3. The second-order valence-corrected chi connectivity index (χ2v) is 4.28. The van der Waals surface area contributed by atoms with Crippen LogP contribution in [0, 0.1) is 0 Å². The molecule has 0 fully saturated rings. The highest BCUT2D eigenvalue weighted by atomic mass is 35.5. The Morgan fingerprint density at radius 3 is 2.64 bits per heavy atom. The molecule has 0 bridgehead atoms. The number of hydrogen-bond donors (Lipinski definition) is 1. The fourth-order valence-corrected chi connectivity index (χ4v) is 1.92. The first-order valence-electron chi connectivity index (χ1n) is 4.14. The fraction of sp³-hybridized carbons (Fsp3) is 0.500. The summed E-state index contributed by atoms with van der Waals surface area (Å²) in [5.41, 5.74) is 0. The third kappa shape index (κ3) is 2.36. The minimum absolute atomic E-state index is 0.251. The first-order valence-corrected chi connectivity index (χ1v) is 5.40. The van der Waals surface area contributed by atoms with E-state index in [2.05, 4.69) is 5.10 Å². The molecule has 2 atom stereocenters. The van der Waals surface area contributed by atoms with Crippen molar-refractivity contribution in [1.82, 2.24) is 9.78 Å². The number of halogens is 1. The monoisotopic (exact) mass is 234 g/mol. The lowest BCUT2D eigenvalue weighted by Crippen LogP contribution is -2.25. The molecule has 0 spiro atoms. The molecular weight excluding hydrogens is 224 g/mol. The number of nitrogens with zero attached hydrogens (tertiary/aromatic N) is 1. The zero-order valence-corrected chi connectivity index (χ0v) is 9.43. The van der Waals surface area contributed by atoms with Crippen molar-refractivity contribution in [1.29, 1.82) is 0 Å². The highest BCUT2D eigenvalue weighted by Crippen LogP contribution is 2.14. The number of aromatic amines is 1. The molecule has 14 heavy (non-hydrogen) atoms. The number of allylic oxidation sites excluding steroid dienone is 2. The molecule has 4 nitrogen and oxygen atoms in total. The lowest BCUT2D eigenvalue weighted by atomic mass is 10.2. The lowest BCUT2D eigenvalue weighted by Gasteiger charge is -2.14. The Hall–Kier alpha value is -0.810. The van der Waals surface area contributed by atoms with E-state index in [1.165, 1.54) is 4.68 Å². The molecule has 1 heterocycles. The van der Waals surface area contributed by atoms with Crippen molar-refractivity contribution in [2.45, 2.75) is 25.3 Å². The topological polar surface area (TPSA) is 54.9 Å². The normalized spacial score (nSPS) is 15.9. The molecule has 0 saturated carbocycles. The van der Waals surface area contributed by atoms with Gasteiger partial charge in [0.1, 0.15) is 0 Å². The van der Waals surface area contributed by atoms with Crippen LogP contribution in [0.25, 0.3) is 0 Å². The predicted molar refractivity (Wildman–Crippen MR) is 58.4 cm³/mol. The van der Waals surface area contributed by atoms with Gasteiger partial charge in [-0.25, -0.2) is 4.68 Å². The molecule has 1 aromatic heterocycles. The van der Waals surface area contributed by atoms with Crippen molar-refractivity contribution in [2.24, 2.45) is 0 Å². The van der Waals surface area contributed by atoms with Gasteiger partial charge in [-0.1, -0.05) is 12.2 Å². The maximum absolute atomic E-state index is 11.3. The van der Waals surface area contributed by atoms with E-state index >= 15 is 0 Å². The number of hydrogen-bond acceptors (Lipinski definition) is 3. The molecule has 0 aliphatic carbocycles. The lowest BCUT2D eigenvalue weighted by molar-refractivity contribution is 0.485. The number of alkyl halides is 1. The average Bonchev–Trinajstić information content (AvgIpc) is 2.44.